The number of carbonyl (C=O) groups is 1. The first kappa shape index (κ1) is 15.3. The van der Waals surface area contributed by atoms with Crippen molar-refractivity contribution in [2.45, 2.75) is 26.3 Å². The highest BCUT2D eigenvalue weighted by atomic mass is 35.5. The quantitative estimate of drug-likeness (QED) is 0.758. The SMILES string of the molecule is CCOCCCNC(=O)NC(C)c1ccc(Cl)s1. The fourth-order valence-corrected chi connectivity index (χ4v) is 2.46. The lowest BCUT2D eigenvalue weighted by atomic mass is 10.3. The molecule has 0 aliphatic heterocycles. The molecule has 6 heteroatoms. The first-order valence-corrected chi connectivity index (χ1v) is 7.20. The molecule has 18 heavy (non-hydrogen) atoms. The van der Waals surface area contributed by atoms with E-state index in [0.29, 0.717) is 19.8 Å². The van der Waals surface area contributed by atoms with Crippen molar-refractivity contribution in [1.82, 2.24) is 10.6 Å². The van der Waals surface area contributed by atoms with Crippen LogP contribution in [0.5, 0.6) is 0 Å². The van der Waals surface area contributed by atoms with Crippen LogP contribution in [0, 0.1) is 0 Å². The molecule has 0 aliphatic carbocycles. The third-order valence-corrected chi connectivity index (χ3v) is 3.74. The molecule has 0 radical (unpaired) electrons. The van der Waals surface area contributed by atoms with Crippen LogP contribution in [-0.2, 0) is 4.74 Å². The molecule has 1 aromatic heterocycles. The first-order chi connectivity index (χ1) is 8.63. The van der Waals surface area contributed by atoms with Gasteiger partial charge in [-0.25, -0.2) is 4.79 Å². The lowest BCUT2D eigenvalue weighted by Crippen LogP contribution is -2.37. The molecule has 0 fully saturated rings. The smallest absolute Gasteiger partial charge is 0.315 e. The first-order valence-electron chi connectivity index (χ1n) is 6.00. The van der Waals surface area contributed by atoms with Crippen LogP contribution in [0.1, 0.15) is 31.2 Å². The Morgan fingerprint density at radius 2 is 2.33 bits per heavy atom. The van der Waals surface area contributed by atoms with Crippen LogP contribution in [-0.4, -0.2) is 25.8 Å². The summed E-state index contributed by atoms with van der Waals surface area (Å²) in [6, 6.07) is 3.56. The Morgan fingerprint density at radius 3 is 2.94 bits per heavy atom. The Balaban J connectivity index is 2.19. The van der Waals surface area contributed by atoms with Gasteiger partial charge in [0.1, 0.15) is 0 Å². The zero-order valence-corrected chi connectivity index (χ0v) is 12.2. The predicted molar refractivity (Wildman–Crippen MR) is 75.4 cm³/mol. The Hall–Kier alpha value is -0.780. The highest BCUT2D eigenvalue weighted by Crippen LogP contribution is 2.26. The number of thiophene rings is 1. The van der Waals surface area contributed by atoms with Crippen LogP contribution < -0.4 is 10.6 Å². The molecule has 102 valence electrons. The van der Waals surface area contributed by atoms with Crippen molar-refractivity contribution < 1.29 is 9.53 Å². The van der Waals surface area contributed by atoms with Crippen molar-refractivity contribution in [3.05, 3.63) is 21.3 Å². The van der Waals surface area contributed by atoms with Crippen molar-refractivity contribution in [1.29, 1.82) is 0 Å². The Morgan fingerprint density at radius 1 is 1.56 bits per heavy atom. The second kappa shape index (κ2) is 8.34. The lowest BCUT2D eigenvalue weighted by molar-refractivity contribution is 0.145. The zero-order valence-electron chi connectivity index (χ0n) is 10.7. The minimum absolute atomic E-state index is 0.0330. The Bertz CT molecular complexity index is 371. The Kier molecular flexibility index (Phi) is 7.08. The van der Waals surface area contributed by atoms with Crippen molar-refractivity contribution in [2.24, 2.45) is 0 Å². The summed E-state index contributed by atoms with van der Waals surface area (Å²) in [5.74, 6) is 0. The molecule has 2 N–H and O–H groups in total. The fraction of sp³-hybridized carbons (Fsp3) is 0.583. The van der Waals surface area contributed by atoms with Gasteiger partial charge in [-0.2, -0.15) is 0 Å². The number of rotatable bonds is 7. The van der Waals surface area contributed by atoms with Gasteiger partial charge >= 0.3 is 6.03 Å². The maximum absolute atomic E-state index is 11.6. The van der Waals surface area contributed by atoms with Gasteiger partial charge in [0.25, 0.3) is 0 Å². The topological polar surface area (TPSA) is 50.4 Å². The standard InChI is InChI=1S/C12H19ClN2O2S/c1-3-17-8-4-7-14-12(16)15-9(2)10-5-6-11(13)18-10/h5-6,9H,3-4,7-8H2,1-2H3,(H2,14,15,16). The van der Waals surface area contributed by atoms with Crippen LogP contribution >= 0.6 is 22.9 Å². The summed E-state index contributed by atoms with van der Waals surface area (Å²) < 4.78 is 5.92. The predicted octanol–water partition coefficient (Wildman–Crippen LogP) is 3.19. The van der Waals surface area contributed by atoms with Crippen LogP contribution in [0.15, 0.2) is 12.1 Å². The molecule has 0 aliphatic rings. The van der Waals surface area contributed by atoms with E-state index in [1.165, 1.54) is 11.3 Å². The molecular formula is C12H19ClN2O2S. The van der Waals surface area contributed by atoms with E-state index >= 15 is 0 Å². The average molecular weight is 291 g/mol. The third-order valence-electron chi connectivity index (χ3n) is 2.32. The van der Waals surface area contributed by atoms with E-state index in [0.717, 1.165) is 15.6 Å². The minimum atomic E-state index is -0.163. The molecule has 1 atom stereocenters. The highest BCUT2D eigenvalue weighted by molar-refractivity contribution is 7.16. The number of urea groups is 1. The van der Waals surface area contributed by atoms with Gasteiger partial charge in [-0.15, -0.1) is 11.3 Å². The van der Waals surface area contributed by atoms with Crippen molar-refractivity contribution in [3.8, 4) is 0 Å². The van der Waals surface area contributed by atoms with Gasteiger partial charge in [0.05, 0.1) is 10.4 Å². The molecule has 1 heterocycles. The monoisotopic (exact) mass is 290 g/mol. The van der Waals surface area contributed by atoms with Crippen molar-refractivity contribution in [2.75, 3.05) is 19.8 Å². The summed E-state index contributed by atoms with van der Waals surface area (Å²) in [4.78, 5) is 12.6. The van der Waals surface area contributed by atoms with Gasteiger partial charge in [0.15, 0.2) is 0 Å². The number of carbonyl (C=O) groups excluding carboxylic acids is 1. The fourth-order valence-electron chi connectivity index (χ4n) is 1.40. The molecular weight excluding hydrogens is 272 g/mol. The van der Waals surface area contributed by atoms with Crippen LogP contribution in [0.2, 0.25) is 4.34 Å². The largest absolute Gasteiger partial charge is 0.382 e. The van der Waals surface area contributed by atoms with E-state index in [4.69, 9.17) is 16.3 Å². The van der Waals surface area contributed by atoms with Gasteiger partial charge < -0.3 is 15.4 Å². The van der Waals surface area contributed by atoms with E-state index < -0.39 is 0 Å². The summed E-state index contributed by atoms with van der Waals surface area (Å²) in [6.07, 6.45) is 0.820. The molecule has 1 unspecified atom stereocenters. The van der Waals surface area contributed by atoms with E-state index in [9.17, 15) is 4.79 Å². The molecule has 0 aromatic carbocycles. The molecule has 1 aromatic rings. The normalized spacial score (nSPS) is 12.2. The van der Waals surface area contributed by atoms with Crippen molar-refractivity contribution in [3.63, 3.8) is 0 Å². The van der Waals surface area contributed by atoms with Crippen LogP contribution in [0.4, 0.5) is 4.79 Å². The summed E-state index contributed by atoms with van der Waals surface area (Å²) in [7, 11) is 0. The number of hydrogen-bond acceptors (Lipinski definition) is 3. The zero-order chi connectivity index (χ0) is 13.4. The van der Waals surface area contributed by atoms with Gasteiger partial charge in [0, 0.05) is 24.6 Å². The summed E-state index contributed by atoms with van der Waals surface area (Å²) >= 11 is 7.33. The van der Waals surface area contributed by atoms with Gasteiger partial charge in [-0.1, -0.05) is 11.6 Å². The molecule has 0 spiro atoms. The second-order valence-corrected chi connectivity index (χ2v) is 5.56. The Labute approximate surface area is 117 Å². The maximum atomic E-state index is 11.6. The van der Waals surface area contributed by atoms with E-state index in [1.54, 1.807) is 0 Å². The summed E-state index contributed by atoms with van der Waals surface area (Å²) in [5, 5.41) is 5.65. The number of hydrogen-bond donors (Lipinski definition) is 2. The van der Waals surface area contributed by atoms with E-state index in [-0.39, 0.29) is 12.1 Å². The highest BCUT2D eigenvalue weighted by Gasteiger charge is 2.10. The number of nitrogens with one attached hydrogen (secondary N) is 2. The minimum Gasteiger partial charge on any atom is -0.382 e. The van der Waals surface area contributed by atoms with Gasteiger partial charge in [-0.3, -0.25) is 0 Å². The van der Waals surface area contributed by atoms with Crippen LogP contribution in [0.25, 0.3) is 0 Å². The molecule has 0 saturated heterocycles. The number of ether oxygens (including phenoxy) is 1. The molecule has 0 saturated carbocycles. The summed E-state index contributed by atoms with van der Waals surface area (Å²) in [6.45, 7) is 5.88. The molecule has 1 rings (SSSR count). The third kappa shape index (κ3) is 5.71. The maximum Gasteiger partial charge on any atom is 0.315 e. The average Bonchev–Trinajstić information content (AvgIpc) is 2.75. The van der Waals surface area contributed by atoms with E-state index in [2.05, 4.69) is 10.6 Å². The van der Waals surface area contributed by atoms with Gasteiger partial charge in [-0.05, 0) is 32.4 Å². The summed E-state index contributed by atoms with van der Waals surface area (Å²) in [5.41, 5.74) is 0. The van der Waals surface area contributed by atoms with Crippen LogP contribution in [0.3, 0.4) is 0 Å². The van der Waals surface area contributed by atoms with E-state index in [1.807, 2.05) is 26.0 Å². The lowest BCUT2D eigenvalue weighted by Gasteiger charge is -2.13. The van der Waals surface area contributed by atoms with Gasteiger partial charge in [0.2, 0.25) is 0 Å². The molecule has 2 amide bonds. The molecule has 0 bridgehead atoms. The number of amides is 2. The number of halogens is 1. The second-order valence-electron chi connectivity index (χ2n) is 3.81. The molecule has 4 nitrogen and oxygen atoms in total. The van der Waals surface area contributed by atoms with Crippen molar-refractivity contribution >= 4 is 29.0 Å².